The van der Waals surface area contributed by atoms with Gasteiger partial charge in [-0.1, -0.05) is 18.2 Å². The Morgan fingerprint density at radius 1 is 1.19 bits per heavy atom. The van der Waals surface area contributed by atoms with Crippen molar-refractivity contribution in [2.24, 2.45) is 4.99 Å². The van der Waals surface area contributed by atoms with Gasteiger partial charge in [-0.25, -0.2) is 4.99 Å². The molecular weight excluding hydrogens is 460 g/mol. The molecule has 1 aromatic rings. The van der Waals surface area contributed by atoms with Crippen LogP contribution in [0.5, 0.6) is 5.75 Å². The van der Waals surface area contributed by atoms with Crippen molar-refractivity contribution in [1.82, 2.24) is 15.5 Å². The molecule has 1 aromatic carbocycles. The molecule has 0 aliphatic heterocycles. The number of para-hydroxylation sites is 1. The van der Waals surface area contributed by atoms with Gasteiger partial charge in [0, 0.05) is 25.2 Å². The number of benzene rings is 1. The van der Waals surface area contributed by atoms with Crippen molar-refractivity contribution in [2.75, 3.05) is 39.8 Å². The molecule has 0 radical (unpaired) electrons. The van der Waals surface area contributed by atoms with Crippen molar-refractivity contribution in [1.29, 1.82) is 0 Å². The first-order valence-electron chi connectivity index (χ1n) is 8.34. The third kappa shape index (κ3) is 10.7. The summed E-state index contributed by atoms with van der Waals surface area (Å²) in [5.41, 5.74) is 0.954. The normalized spacial score (nSPS) is 11.9. The molecule has 26 heavy (non-hydrogen) atoms. The average molecular weight is 488 g/mol. The van der Waals surface area contributed by atoms with Crippen LogP contribution in [0.2, 0.25) is 0 Å². The molecule has 0 saturated carbocycles. The molecule has 0 aliphatic carbocycles. The highest BCUT2D eigenvalue weighted by Gasteiger charge is 2.28. The predicted molar refractivity (Wildman–Crippen MR) is 109 cm³/mol. The zero-order valence-electron chi connectivity index (χ0n) is 15.4. The van der Waals surface area contributed by atoms with E-state index in [4.69, 9.17) is 4.74 Å². The minimum atomic E-state index is -4.18. The van der Waals surface area contributed by atoms with E-state index in [0.717, 1.165) is 11.3 Å². The van der Waals surface area contributed by atoms with Crippen LogP contribution >= 0.6 is 24.0 Å². The van der Waals surface area contributed by atoms with Gasteiger partial charge in [0.25, 0.3) is 0 Å². The van der Waals surface area contributed by atoms with Crippen molar-refractivity contribution in [3.63, 3.8) is 0 Å². The fraction of sp³-hybridized carbons (Fsp3) is 0.588. The highest BCUT2D eigenvalue weighted by Crippen LogP contribution is 2.18. The van der Waals surface area contributed by atoms with Crippen LogP contribution in [0.15, 0.2) is 29.3 Å². The summed E-state index contributed by atoms with van der Waals surface area (Å²) in [6.07, 6.45) is -4.18. The molecule has 0 aliphatic rings. The first-order valence-corrected chi connectivity index (χ1v) is 8.34. The number of nitrogens with zero attached hydrogens (tertiary/aromatic N) is 2. The lowest BCUT2D eigenvalue weighted by molar-refractivity contribution is -0.142. The minimum absolute atomic E-state index is 0. The largest absolute Gasteiger partial charge is 0.494 e. The molecule has 2 N–H and O–H groups in total. The molecule has 0 fully saturated rings. The van der Waals surface area contributed by atoms with Crippen LogP contribution < -0.4 is 15.4 Å². The summed E-state index contributed by atoms with van der Waals surface area (Å²) in [6.45, 7) is 5.21. The van der Waals surface area contributed by atoms with Gasteiger partial charge in [0.05, 0.1) is 19.7 Å². The van der Waals surface area contributed by atoms with E-state index in [9.17, 15) is 13.2 Å². The molecule has 0 spiro atoms. The van der Waals surface area contributed by atoms with E-state index in [2.05, 4.69) is 15.6 Å². The Morgan fingerprint density at radius 3 is 2.50 bits per heavy atom. The lowest BCUT2D eigenvalue weighted by Gasteiger charge is -2.19. The second-order valence-electron chi connectivity index (χ2n) is 5.52. The molecule has 150 valence electrons. The SMILES string of the molecule is CCNC(=NCc1ccccc1OCC)NCCN(C)CC(F)(F)F.I. The van der Waals surface area contributed by atoms with Gasteiger partial charge in [-0.3, -0.25) is 4.90 Å². The molecule has 9 heteroatoms. The maximum absolute atomic E-state index is 12.3. The van der Waals surface area contributed by atoms with Crippen LogP contribution in [-0.4, -0.2) is 56.9 Å². The number of hydrogen-bond donors (Lipinski definition) is 2. The first-order chi connectivity index (χ1) is 11.9. The van der Waals surface area contributed by atoms with Crippen LogP contribution in [0.25, 0.3) is 0 Å². The van der Waals surface area contributed by atoms with Crippen molar-refractivity contribution < 1.29 is 17.9 Å². The number of aliphatic imine (C=N–C) groups is 1. The summed E-state index contributed by atoms with van der Waals surface area (Å²) in [5.74, 6) is 1.35. The van der Waals surface area contributed by atoms with Crippen LogP contribution in [0.4, 0.5) is 13.2 Å². The van der Waals surface area contributed by atoms with E-state index in [1.165, 1.54) is 11.9 Å². The van der Waals surface area contributed by atoms with E-state index in [1.807, 2.05) is 38.1 Å². The van der Waals surface area contributed by atoms with Gasteiger partial charge in [0.15, 0.2) is 5.96 Å². The number of rotatable bonds is 9. The van der Waals surface area contributed by atoms with Gasteiger partial charge in [-0.05, 0) is 27.0 Å². The molecule has 5 nitrogen and oxygen atoms in total. The molecule has 0 atom stereocenters. The highest BCUT2D eigenvalue weighted by molar-refractivity contribution is 14.0. The number of hydrogen-bond acceptors (Lipinski definition) is 3. The van der Waals surface area contributed by atoms with Gasteiger partial charge >= 0.3 is 6.18 Å². The van der Waals surface area contributed by atoms with E-state index in [-0.39, 0.29) is 30.5 Å². The second kappa shape index (κ2) is 13.0. The molecular formula is C17H28F3IN4O. The maximum Gasteiger partial charge on any atom is 0.401 e. The summed E-state index contributed by atoms with van der Waals surface area (Å²) >= 11 is 0. The molecule has 0 amide bonds. The summed E-state index contributed by atoms with van der Waals surface area (Å²) in [5, 5.41) is 6.13. The van der Waals surface area contributed by atoms with Gasteiger partial charge in [0.2, 0.25) is 0 Å². The summed E-state index contributed by atoms with van der Waals surface area (Å²) < 4.78 is 42.5. The van der Waals surface area contributed by atoms with E-state index in [0.29, 0.717) is 32.2 Å². The molecule has 0 saturated heterocycles. The maximum atomic E-state index is 12.3. The van der Waals surface area contributed by atoms with Crippen LogP contribution in [-0.2, 0) is 6.54 Å². The minimum Gasteiger partial charge on any atom is -0.494 e. The van der Waals surface area contributed by atoms with Crippen LogP contribution in [0.1, 0.15) is 19.4 Å². The molecule has 0 bridgehead atoms. The van der Waals surface area contributed by atoms with Gasteiger partial charge in [-0.2, -0.15) is 13.2 Å². The lowest BCUT2D eigenvalue weighted by Crippen LogP contribution is -2.42. The Balaban J connectivity index is 0.00000625. The third-order valence-corrected chi connectivity index (χ3v) is 3.26. The molecule has 1 rings (SSSR count). The summed E-state index contributed by atoms with van der Waals surface area (Å²) in [4.78, 5) is 5.69. The molecule has 0 aromatic heterocycles. The van der Waals surface area contributed by atoms with Gasteiger partial charge < -0.3 is 15.4 Å². The molecule has 0 unspecified atom stereocenters. The third-order valence-electron chi connectivity index (χ3n) is 3.26. The average Bonchev–Trinajstić information content (AvgIpc) is 2.52. The number of halogens is 4. The highest BCUT2D eigenvalue weighted by atomic mass is 127. The van der Waals surface area contributed by atoms with Crippen molar-refractivity contribution in [3.05, 3.63) is 29.8 Å². The Bertz CT molecular complexity index is 541. The standard InChI is InChI=1S/C17H27F3N4O.HI/c1-4-21-16(22-10-11-24(3)13-17(18,19)20)23-12-14-8-6-7-9-15(14)25-5-2;/h6-9H,4-5,10-13H2,1-3H3,(H2,21,22,23);1H. The Hall–Kier alpha value is -1.23. The van der Waals surface area contributed by atoms with Crippen molar-refractivity contribution >= 4 is 29.9 Å². The zero-order valence-corrected chi connectivity index (χ0v) is 17.7. The quantitative estimate of drug-likeness (QED) is 0.319. The molecule has 0 heterocycles. The van der Waals surface area contributed by atoms with E-state index >= 15 is 0 Å². The first kappa shape index (κ1) is 24.8. The summed E-state index contributed by atoms with van der Waals surface area (Å²) in [7, 11) is 1.44. The fourth-order valence-electron chi connectivity index (χ4n) is 2.19. The number of guanidine groups is 1. The number of nitrogens with one attached hydrogen (secondary N) is 2. The Labute approximate surface area is 170 Å². The Kier molecular flexibility index (Phi) is 12.4. The number of ether oxygens (including phenoxy) is 1. The van der Waals surface area contributed by atoms with Gasteiger partial charge in [-0.15, -0.1) is 24.0 Å². The topological polar surface area (TPSA) is 48.9 Å². The second-order valence-corrected chi connectivity index (χ2v) is 5.52. The summed E-state index contributed by atoms with van der Waals surface area (Å²) in [6, 6.07) is 7.65. The number of likely N-dealkylation sites (N-methyl/N-ethyl adjacent to an activating group) is 1. The van der Waals surface area contributed by atoms with Crippen molar-refractivity contribution in [2.45, 2.75) is 26.6 Å². The smallest absolute Gasteiger partial charge is 0.401 e. The monoisotopic (exact) mass is 488 g/mol. The lowest BCUT2D eigenvalue weighted by atomic mass is 10.2. The fourth-order valence-corrected chi connectivity index (χ4v) is 2.19. The van der Waals surface area contributed by atoms with E-state index in [1.54, 1.807) is 0 Å². The number of alkyl halides is 3. The van der Waals surface area contributed by atoms with Crippen molar-refractivity contribution in [3.8, 4) is 5.75 Å². The van der Waals surface area contributed by atoms with Gasteiger partial charge in [0.1, 0.15) is 5.75 Å². The van der Waals surface area contributed by atoms with Crippen LogP contribution in [0.3, 0.4) is 0 Å². The van der Waals surface area contributed by atoms with Crippen LogP contribution in [0, 0.1) is 0 Å². The zero-order chi connectivity index (χ0) is 18.7. The Morgan fingerprint density at radius 2 is 1.88 bits per heavy atom. The van der Waals surface area contributed by atoms with E-state index < -0.39 is 12.7 Å². The predicted octanol–water partition coefficient (Wildman–Crippen LogP) is 3.25.